The first kappa shape index (κ1) is 22.4. The highest BCUT2D eigenvalue weighted by atomic mass is 16.2. The zero-order chi connectivity index (χ0) is 23.8. The minimum absolute atomic E-state index is 0.0503. The molecule has 3 aromatic rings. The van der Waals surface area contributed by atoms with Crippen LogP contribution in [0.15, 0.2) is 36.7 Å². The number of piperazine rings is 1. The summed E-state index contributed by atoms with van der Waals surface area (Å²) in [6.45, 7) is 8.91. The molecule has 1 N–H and O–H groups in total. The van der Waals surface area contributed by atoms with Gasteiger partial charge in [-0.3, -0.25) is 9.59 Å². The van der Waals surface area contributed by atoms with Crippen molar-refractivity contribution in [1.29, 1.82) is 0 Å². The Hall–Kier alpha value is -3.42. The second-order valence-electron chi connectivity index (χ2n) is 9.59. The molecule has 8 heteroatoms. The van der Waals surface area contributed by atoms with Crippen LogP contribution >= 0.6 is 0 Å². The van der Waals surface area contributed by atoms with Crippen molar-refractivity contribution in [3.8, 4) is 11.3 Å². The summed E-state index contributed by atoms with van der Waals surface area (Å²) in [4.78, 5) is 43.9. The van der Waals surface area contributed by atoms with Crippen molar-refractivity contribution in [2.75, 3.05) is 31.1 Å². The zero-order valence-electron chi connectivity index (χ0n) is 20.1. The lowest BCUT2D eigenvalue weighted by Gasteiger charge is -2.44. The monoisotopic (exact) mass is 460 g/mol. The average Bonchev–Trinajstić information content (AvgIpc) is 3.27. The molecule has 5 rings (SSSR count). The number of hydrogen-bond donors (Lipinski definition) is 1. The average molecular weight is 461 g/mol. The number of carbonyl (C=O) groups excluding carboxylic acids is 2. The van der Waals surface area contributed by atoms with Crippen LogP contribution in [0.25, 0.3) is 22.3 Å². The molecule has 2 aliphatic heterocycles. The summed E-state index contributed by atoms with van der Waals surface area (Å²) in [5.74, 6) is 1.05. The zero-order valence-corrected chi connectivity index (χ0v) is 20.1. The highest BCUT2D eigenvalue weighted by Gasteiger charge is 2.31. The summed E-state index contributed by atoms with van der Waals surface area (Å²) < 4.78 is 0. The lowest BCUT2D eigenvalue weighted by Crippen LogP contribution is -2.58. The van der Waals surface area contributed by atoms with Crippen molar-refractivity contribution >= 4 is 28.7 Å². The van der Waals surface area contributed by atoms with Crippen molar-refractivity contribution in [3.05, 3.63) is 42.2 Å². The molecule has 8 nitrogen and oxygen atoms in total. The van der Waals surface area contributed by atoms with E-state index in [1.165, 1.54) is 6.42 Å². The molecule has 2 amide bonds. The van der Waals surface area contributed by atoms with Crippen molar-refractivity contribution < 1.29 is 9.59 Å². The molecule has 2 fully saturated rings. The number of likely N-dealkylation sites (tertiary alicyclic amines) is 1. The standard InChI is InChI=1S/C26H32N6O2/c1-17-15-31(16-18(2)32(17)19(3)33)24-9-7-8-23(29-24)22-14-28-25-21(22)12-20(13-27-25)26(34)30-10-5-4-6-11-30/h7-9,12-14,17-18H,4-6,10-11,15-16H2,1-3H3,(H,27,28)/t17-,18+. The van der Waals surface area contributed by atoms with Gasteiger partial charge in [-0.05, 0) is 51.3 Å². The number of amides is 2. The van der Waals surface area contributed by atoms with E-state index < -0.39 is 0 Å². The van der Waals surface area contributed by atoms with E-state index in [0.29, 0.717) is 5.56 Å². The predicted molar refractivity (Wildman–Crippen MR) is 133 cm³/mol. The lowest BCUT2D eigenvalue weighted by molar-refractivity contribution is -0.133. The van der Waals surface area contributed by atoms with E-state index in [1.807, 2.05) is 40.3 Å². The van der Waals surface area contributed by atoms with Crippen LogP contribution in [-0.4, -0.2) is 74.8 Å². The number of pyridine rings is 2. The quantitative estimate of drug-likeness (QED) is 0.644. The van der Waals surface area contributed by atoms with Gasteiger partial charge in [0.2, 0.25) is 5.91 Å². The summed E-state index contributed by atoms with van der Waals surface area (Å²) in [6.07, 6.45) is 6.89. The minimum Gasteiger partial charge on any atom is -0.352 e. The fraction of sp³-hybridized carbons (Fsp3) is 0.462. The molecule has 0 saturated carbocycles. The number of H-pyrrole nitrogens is 1. The first-order valence-corrected chi connectivity index (χ1v) is 12.2. The highest BCUT2D eigenvalue weighted by Crippen LogP contribution is 2.30. The smallest absolute Gasteiger partial charge is 0.255 e. The van der Waals surface area contributed by atoms with E-state index in [9.17, 15) is 9.59 Å². The fourth-order valence-electron chi connectivity index (χ4n) is 5.49. The van der Waals surface area contributed by atoms with Crippen molar-refractivity contribution in [2.24, 2.45) is 0 Å². The molecule has 2 atom stereocenters. The van der Waals surface area contributed by atoms with Gasteiger partial charge < -0.3 is 19.7 Å². The molecule has 0 spiro atoms. The van der Waals surface area contributed by atoms with Gasteiger partial charge in [-0.2, -0.15) is 0 Å². The van der Waals surface area contributed by atoms with Crippen LogP contribution in [0.5, 0.6) is 0 Å². The Balaban J connectivity index is 1.44. The summed E-state index contributed by atoms with van der Waals surface area (Å²) in [5.41, 5.74) is 3.13. The van der Waals surface area contributed by atoms with Crippen LogP contribution in [0, 0.1) is 0 Å². The third-order valence-electron chi connectivity index (χ3n) is 7.04. The van der Waals surface area contributed by atoms with E-state index in [1.54, 1.807) is 13.1 Å². The van der Waals surface area contributed by atoms with Crippen LogP contribution in [-0.2, 0) is 4.79 Å². The number of anilines is 1. The number of nitrogens with zero attached hydrogens (tertiary/aromatic N) is 5. The maximum Gasteiger partial charge on any atom is 0.255 e. The summed E-state index contributed by atoms with van der Waals surface area (Å²) in [7, 11) is 0. The Morgan fingerprint density at radius 2 is 1.79 bits per heavy atom. The number of rotatable bonds is 3. The molecule has 0 radical (unpaired) electrons. The van der Waals surface area contributed by atoms with Crippen LogP contribution < -0.4 is 4.90 Å². The van der Waals surface area contributed by atoms with Crippen LogP contribution in [0.2, 0.25) is 0 Å². The Bertz CT molecular complexity index is 1200. The number of fused-ring (bicyclic) bond motifs is 1. The van der Waals surface area contributed by atoms with Gasteiger partial charge in [0, 0.05) is 68.5 Å². The van der Waals surface area contributed by atoms with Crippen LogP contribution in [0.1, 0.15) is 50.4 Å². The van der Waals surface area contributed by atoms with Crippen LogP contribution in [0.4, 0.5) is 5.82 Å². The number of piperidine rings is 1. The third kappa shape index (κ3) is 4.13. The van der Waals surface area contributed by atoms with Gasteiger partial charge in [0.25, 0.3) is 5.91 Å². The number of aromatic amines is 1. The predicted octanol–water partition coefficient (Wildman–Crippen LogP) is 3.70. The van der Waals surface area contributed by atoms with Crippen molar-refractivity contribution in [3.63, 3.8) is 0 Å². The maximum absolute atomic E-state index is 13.0. The van der Waals surface area contributed by atoms with Gasteiger partial charge in [-0.25, -0.2) is 9.97 Å². The number of hydrogen-bond acceptors (Lipinski definition) is 5. The molecule has 2 aliphatic rings. The largest absolute Gasteiger partial charge is 0.352 e. The van der Waals surface area contributed by atoms with Gasteiger partial charge in [-0.15, -0.1) is 0 Å². The fourth-order valence-corrected chi connectivity index (χ4v) is 5.49. The molecule has 178 valence electrons. The van der Waals surface area contributed by atoms with E-state index in [-0.39, 0.29) is 23.9 Å². The number of aromatic nitrogens is 3. The van der Waals surface area contributed by atoms with Gasteiger partial charge in [0.05, 0.1) is 11.3 Å². The number of nitrogens with one attached hydrogen (secondary N) is 1. The Morgan fingerprint density at radius 3 is 2.50 bits per heavy atom. The van der Waals surface area contributed by atoms with Crippen molar-refractivity contribution in [1.82, 2.24) is 24.8 Å². The van der Waals surface area contributed by atoms with Crippen LogP contribution in [0.3, 0.4) is 0 Å². The molecule has 2 saturated heterocycles. The van der Waals surface area contributed by atoms with Crippen molar-refractivity contribution in [2.45, 2.75) is 52.1 Å². The van der Waals surface area contributed by atoms with E-state index >= 15 is 0 Å². The lowest BCUT2D eigenvalue weighted by atomic mass is 10.1. The van der Waals surface area contributed by atoms with Gasteiger partial charge in [0.15, 0.2) is 0 Å². The summed E-state index contributed by atoms with van der Waals surface area (Å²) in [5, 5.41) is 0.899. The van der Waals surface area contributed by atoms with E-state index in [0.717, 1.165) is 67.1 Å². The normalized spacial score (nSPS) is 21.2. The summed E-state index contributed by atoms with van der Waals surface area (Å²) in [6, 6.07) is 8.20. The first-order chi connectivity index (χ1) is 16.4. The molecular weight excluding hydrogens is 428 g/mol. The Kier molecular flexibility index (Phi) is 5.98. The molecule has 0 unspecified atom stereocenters. The van der Waals surface area contributed by atoms with Gasteiger partial charge in [0.1, 0.15) is 11.5 Å². The van der Waals surface area contributed by atoms with E-state index in [4.69, 9.17) is 4.98 Å². The third-order valence-corrected chi connectivity index (χ3v) is 7.04. The summed E-state index contributed by atoms with van der Waals surface area (Å²) >= 11 is 0. The molecule has 0 aromatic carbocycles. The number of carbonyl (C=O) groups is 2. The maximum atomic E-state index is 13.0. The van der Waals surface area contributed by atoms with Gasteiger partial charge >= 0.3 is 0 Å². The topological polar surface area (TPSA) is 85.4 Å². The second kappa shape index (κ2) is 9.08. The molecular formula is C26H32N6O2. The van der Waals surface area contributed by atoms with E-state index in [2.05, 4.69) is 28.7 Å². The molecule has 0 bridgehead atoms. The first-order valence-electron chi connectivity index (χ1n) is 12.2. The van der Waals surface area contributed by atoms with Gasteiger partial charge in [-0.1, -0.05) is 6.07 Å². The molecule has 34 heavy (non-hydrogen) atoms. The minimum atomic E-state index is 0.0503. The molecule has 3 aromatic heterocycles. The SMILES string of the molecule is CC(=O)N1[C@H](C)CN(c2cccc(-c3c[nH]c4ncc(C(=O)N5CCCCC5)cc34)n2)C[C@@H]1C. The highest BCUT2D eigenvalue weighted by molar-refractivity contribution is 6.00. The molecule has 0 aliphatic carbocycles. The Morgan fingerprint density at radius 1 is 1.06 bits per heavy atom. The second-order valence-corrected chi connectivity index (χ2v) is 9.59. The molecule has 5 heterocycles. The Labute approximate surface area is 200 Å².